The highest BCUT2D eigenvalue weighted by Gasteiger charge is 2.33. The molecule has 1 aromatic rings. The van der Waals surface area contributed by atoms with Crippen LogP contribution in [0.5, 0.6) is 5.75 Å². The fraction of sp³-hybridized carbons (Fsp3) is 0.533. The summed E-state index contributed by atoms with van der Waals surface area (Å²) in [5, 5.41) is 0. The number of likely N-dealkylation sites (N-methyl/N-ethyl adjacent to an activating group) is 1. The summed E-state index contributed by atoms with van der Waals surface area (Å²) in [6, 6.07) is 7.63. The van der Waals surface area contributed by atoms with Gasteiger partial charge in [0.1, 0.15) is 11.4 Å². The third-order valence-corrected chi connectivity index (χ3v) is 3.52. The second-order valence-corrected chi connectivity index (χ2v) is 5.05. The molecule has 0 aliphatic rings. The molecular formula is C15H23NO3. The van der Waals surface area contributed by atoms with Crippen LogP contribution < -0.4 is 4.74 Å². The van der Waals surface area contributed by atoms with Gasteiger partial charge < -0.3 is 14.4 Å². The molecule has 1 rings (SSSR count). The van der Waals surface area contributed by atoms with E-state index in [9.17, 15) is 4.79 Å². The Hall–Kier alpha value is -1.55. The zero-order valence-electron chi connectivity index (χ0n) is 12.6. The van der Waals surface area contributed by atoms with Gasteiger partial charge in [-0.05, 0) is 26.8 Å². The van der Waals surface area contributed by atoms with Gasteiger partial charge in [0.25, 0.3) is 5.91 Å². The van der Waals surface area contributed by atoms with Crippen LogP contribution in [0.2, 0.25) is 0 Å². The highest BCUT2D eigenvalue weighted by Crippen LogP contribution is 2.29. The summed E-state index contributed by atoms with van der Waals surface area (Å²) in [7, 11) is 4.95. The van der Waals surface area contributed by atoms with Crippen molar-refractivity contribution >= 4 is 5.91 Å². The van der Waals surface area contributed by atoms with E-state index in [-0.39, 0.29) is 11.9 Å². The molecule has 0 bridgehead atoms. The van der Waals surface area contributed by atoms with Gasteiger partial charge >= 0.3 is 0 Å². The van der Waals surface area contributed by atoms with Gasteiger partial charge in [-0.25, -0.2) is 0 Å². The summed E-state index contributed by atoms with van der Waals surface area (Å²) < 4.78 is 10.6. The first kappa shape index (κ1) is 15.5. The molecule has 1 amide bonds. The largest absolute Gasteiger partial charge is 0.496 e. The molecule has 0 aromatic heterocycles. The van der Waals surface area contributed by atoms with Crippen molar-refractivity contribution in [2.24, 2.45) is 0 Å². The molecule has 0 N–H and O–H groups in total. The highest BCUT2D eigenvalue weighted by atomic mass is 16.5. The van der Waals surface area contributed by atoms with Crippen LogP contribution in [0.4, 0.5) is 0 Å². The fourth-order valence-electron chi connectivity index (χ4n) is 1.91. The van der Waals surface area contributed by atoms with Gasteiger partial charge in [0.05, 0.1) is 13.2 Å². The predicted molar refractivity (Wildman–Crippen MR) is 75.3 cm³/mol. The monoisotopic (exact) mass is 265 g/mol. The van der Waals surface area contributed by atoms with Crippen LogP contribution in [0.15, 0.2) is 24.3 Å². The summed E-state index contributed by atoms with van der Waals surface area (Å²) in [6.45, 7) is 5.50. The normalized spacial score (nSPS) is 12.9. The number of amides is 1. The third kappa shape index (κ3) is 3.26. The molecule has 0 saturated heterocycles. The van der Waals surface area contributed by atoms with Crippen LogP contribution >= 0.6 is 0 Å². The van der Waals surface area contributed by atoms with Gasteiger partial charge in [-0.15, -0.1) is 0 Å². The van der Waals surface area contributed by atoms with Crippen molar-refractivity contribution in [1.29, 1.82) is 0 Å². The number of benzene rings is 1. The number of hydrogen-bond donors (Lipinski definition) is 0. The molecule has 0 spiro atoms. The Bertz CT molecular complexity index is 443. The summed E-state index contributed by atoms with van der Waals surface area (Å²) >= 11 is 0. The molecule has 1 atom stereocenters. The molecule has 0 heterocycles. The topological polar surface area (TPSA) is 38.8 Å². The van der Waals surface area contributed by atoms with Gasteiger partial charge in [0.15, 0.2) is 0 Å². The maximum atomic E-state index is 12.4. The van der Waals surface area contributed by atoms with E-state index in [0.29, 0.717) is 0 Å². The molecule has 0 radical (unpaired) electrons. The summed E-state index contributed by atoms with van der Waals surface area (Å²) in [6.07, 6.45) is 0. The second kappa shape index (κ2) is 6.06. The van der Waals surface area contributed by atoms with E-state index in [1.165, 1.54) is 0 Å². The molecular weight excluding hydrogens is 242 g/mol. The molecule has 0 fully saturated rings. The van der Waals surface area contributed by atoms with Crippen molar-refractivity contribution in [3.05, 3.63) is 29.8 Å². The Morgan fingerprint density at radius 3 is 2.37 bits per heavy atom. The molecule has 1 unspecified atom stereocenters. The minimum absolute atomic E-state index is 0.0617. The lowest BCUT2D eigenvalue weighted by atomic mass is 10.0. The minimum Gasteiger partial charge on any atom is -0.496 e. The highest BCUT2D eigenvalue weighted by molar-refractivity contribution is 5.84. The van der Waals surface area contributed by atoms with Gasteiger partial charge in [-0.1, -0.05) is 18.2 Å². The standard InChI is InChI=1S/C15H23NO3/c1-11(12-9-7-8-10-13(12)18-5)16(4)14(17)15(2,3)19-6/h7-11H,1-6H3. The number of ether oxygens (including phenoxy) is 2. The van der Waals surface area contributed by atoms with E-state index in [0.717, 1.165) is 11.3 Å². The summed E-state index contributed by atoms with van der Waals surface area (Å²) in [5.41, 5.74) is 0.151. The van der Waals surface area contributed by atoms with Crippen LogP contribution in [0.1, 0.15) is 32.4 Å². The second-order valence-electron chi connectivity index (χ2n) is 5.05. The predicted octanol–water partition coefficient (Wildman–Crippen LogP) is 2.64. The van der Waals surface area contributed by atoms with Gasteiger partial charge in [0, 0.05) is 19.7 Å². The average molecular weight is 265 g/mol. The molecule has 1 aromatic carbocycles. The number of carbonyl (C=O) groups excluding carboxylic acids is 1. The molecule has 0 aliphatic carbocycles. The molecule has 4 nitrogen and oxygen atoms in total. The van der Waals surface area contributed by atoms with Crippen molar-refractivity contribution < 1.29 is 14.3 Å². The lowest BCUT2D eigenvalue weighted by Gasteiger charge is -2.33. The summed E-state index contributed by atoms with van der Waals surface area (Å²) in [5.74, 6) is 0.721. The van der Waals surface area contributed by atoms with Crippen molar-refractivity contribution in [2.45, 2.75) is 32.4 Å². The van der Waals surface area contributed by atoms with Crippen LogP contribution in [0.25, 0.3) is 0 Å². The number of rotatable bonds is 5. The lowest BCUT2D eigenvalue weighted by molar-refractivity contribution is -0.151. The average Bonchev–Trinajstić information content (AvgIpc) is 2.44. The number of para-hydroxylation sites is 1. The molecule has 4 heteroatoms. The Balaban J connectivity index is 3.00. The van der Waals surface area contributed by atoms with E-state index in [4.69, 9.17) is 9.47 Å². The zero-order chi connectivity index (χ0) is 14.6. The van der Waals surface area contributed by atoms with E-state index in [2.05, 4.69) is 0 Å². The van der Waals surface area contributed by atoms with Crippen LogP contribution in [0, 0.1) is 0 Å². The first-order valence-corrected chi connectivity index (χ1v) is 6.30. The van der Waals surface area contributed by atoms with E-state index >= 15 is 0 Å². The van der Waals surface area contributed by atoms with Crippen molar-refractivity contribution in [1.82, 2.24) is 4.90 Å². The maximum Gasteiger partial charge on any atom is 0.254 e. The lowest BCUT2D eigenvalue weighted by Crippen LogP contribution is -2.45. The van der Waals surface area contributed by atoms with E-state index in [1.807, 2.05) is 31.2 Å². The SMILES string of the molecule is COc1ccccc1C(C)N(C)C(=O)C(C)(C)OC. The Morgan fingerprint density at radius 2 is 1.84 bits per heavy atom. The van der Waals surface area contributed by atoms with Gasteiger partial charge in [-0.3, -0.25) is 4.79 Å². The minimum atomic E-state index is -0.828. The Labute approximate surface area is 115 Å². The van der Waals surface area contributed by atoms with Gasteiger partial charge in [-0.2, -0.15) is 0 Å². The number of nitrogens with zero attached hydrogens (tertiary/aromatic N) is 1. The maximum absolute atomic E-state index is 12.4. The van der Waals surface area contributed by atoms with Crippen molar-refractivity contribution in [3.63, 3.8) is 0 Å². The first-order valence-electron chi connectivity index (χ1n) is 6.30. The fourth-order valence-corrected chi connectivity index (χ4v) is 1.91. The van der Waals surface area contributed by atoms with Gasteiger partial charge in [0.2, 0.25) is 0 Å². The van der Waals surface area contributed by atoms with E-state index in [1.54, 1.807) is 40.0 Å². The molecule has 106 valence electrons. The number of hydrogen-bond acceptors (Lipinski definition) is 3. The van der Waals surface area contributed by atoms with Crippen LogP contribution in [-0.4, -0.2) is 37.7 Å². The number of carbonyl (C=O) groups is 1. The molecule has 0 aliphatic heterocycles. The van der Waals surface area contributed by atoms with Crippen LogP contribution in [-0.2, 0) is 9.53 Å². The van der Waals surface area contributed by atoms with E-state index < -0.39 is 5.60 Å². The third-order valence-electron chi connectivity index (χ3n) is 3.52. The van der Waals surface area contributed by atoms with Crippen molar-refractivity contribution in [3.8, 4) is 5.75 Å². The quantitative estimate of drug-likeness (QED) is 0.821. The number of methoxy groups -OCH3 is 2. The molecule has 0 saturated carbocycles. The zero-order valence-corrected chi connectivity index (χ0v) is 12.6. The summed E-state index contributed by atoms with van der Waals surface area (Å²) in [4.78, 5) is 14.1. The van der Waals surface area contributed by atoms with Crippen molar-refractivity contribution in [2.75, 3.05) is 21.3 Å². The molecule has 19 heavy (non-hydrogen) atoms. The first-order chi connectivity index (χ1) is 8.85. The van der Waals surface area contributed by atoms with Crippen LogP contribution in [0.3, 0.4) is 0 Å². The smallest absolute Gasteiger partial charge is 0.254 e. The Morgan fingerprint density at radius 1 is 1.26 bits per heavy atom. The Kier molecular flexibility index (Phi) is 4.95.